The minimum Gasteiger partial charge on any atom is -0.491 e. The van der Waals surface area contributed by atoms with E-state index in [0.717, 1.165) is 24.8 Å². The average molecular weight is 334 g/mol. The number of hydrogen-bond acceptors (Lipinski definition) is 5. The topological polar surface area (TPSA) is 88.1 Å². The summed E-state index contributed by atoms with van der Waals surface area (Å²) in [5.74, 6) is 0.0946. The molecule has 7 heteroatoms. The van der Waals surface area contributed by atoms with Crippen molar-refractivity contribution < 1.29 is 24.3 Å². The molecule has 1 aromatic rings. The summed E-state index contributed by atoms with van der Waals surface area (Å²) in [6.07, 6.45) is 2.77. The van der Waals surface area contributed by atoms with E-state index in [9.17, 15) is 9.59 Å². The zero-order valence-corrected chi connectivity index (χ0v) is 13.7. The number of rotatable bonds is 4. The molecule has 130 valence electrons. The van der Waals surface area contributed by atoms with E-state index < -0.39 is 11.3 Å². The number of methoxy groups -OCH3 is 1. The number of hydroxylamine groups is 1. The summed E-state index contributed by atoms with van der Waals surface area (Å²) in [6, 6.07) is 4.95. The van der Waals surface area contributed by atoms with Crippen LogP contribution in [-0.4, -0.2) is 48.8 Å². The molecule has 1 saturated carbocycles. The third-order valence-corrected chi connectivity index (χ3v) is 4.88. The Kier molecular flexibility index (Phi) is 4.73. The predicted octanol–water partition coefficient (Wildman–Crippen LogP) is 1.34. The standard InChI is InChI=1S/C17H22N2O5/c1-23-11-17(5-2-6-17)16(21)19-7-8-24-14-9-12(15(20)18-22)3-4-13(14)10-19/h3-4,9,22H,2,5-8,10-11H2,1H3,(H,18,20). The van der Waals surface area contributed by atoms with Crippen molar-refractivity contribution in [3.05, 3.63) is 29.3 Å². The number of carbonyl (C=O) groups is 2. The highest BCUT2D eigenvalue weighted by Crippen LogP contribution is 2.43. The molecule has 0 saturated heterocycles. The summed E-state index contributed by atoms with van der Waals surface area (Å²) in [5, 5.41) is 8.73. The SMILES string of the molecule is COCC1(C(=O)N2CCOc3cc(C(=O)NO)ccc3C2)CCC1. The van der Waals surface area contributed by atoms with Crippen molar-refractivity contribution in [2.75, 3.05) is 26.9 Å². The second-order valence-electron chi connectivity index (χ2n) is 6.41. The lowest BCUT2D eigenvalue weighted by Gasteiger charge is -2.42. The maximum Gasteiger partial charge on any atom is 0.274 e. The van der Waals surface area contributed by atoms with Crippen LogP contribution in [0.4, 0.5) is 0 Å². The third-order valence-electron chi connectivity index (χ3n) is 4.88. The first kappa shape index (κ1) is 16.7. The number of benzene rings is 1. The van der Waals surface area contributed by atoms with Gasteiger partial charge in [0.05, 0.1) is 18.6 Å². The molecule has 0 spiro atoms. The first-order chi connectivity index (χ1) is 11.6. The number of nitrogens with zero attached hydrogens (tertiary/aromatic N) is 1. The van der Waals surface area contributed by atoms with E-state index in [4.69, 9.17) is 14.7 Å². The van der Waals surface area contributed by atoms with Crippen LogP contribution in [0.5, 0.6) is 5.75 Å². The van der Waals surface area contributed by atoms with E-state index in [-0.39, 0.29) is 5.91 Å². The molecule has 7 nitrogen and oxygen atoms in total. The minimum absolute atomic E-state index is 0.115. The summed E-state index contributed by atoms with van der Waals surface area (Å²) < 4.78 is 11.0. The molecule has 24 heavy (non-hydrogen) atoms. The van der Waals surface area contributed by atoms with Gasteiger partial charge in [-0.15, -0.1) is 0 Å². The van der Waals surface area contributed by atoms with Gasteiger partial charge in [-0.2, -0.15) is 0 Å². The molecule has 2 amide bonds. The number of hydrogen-bond donors (Lipinski definition) is 2. The van der Waals surface area contributed by atoms with Crippen molar-refractivity contribution in [2.24, 2.45) is 5.41 Å². The predicted molar refractivity (Wildman–Crippen MR) is 84.8 cm³/mol. The molecule has 2 aliphatic rings. The first-order valence-corrected chi connectivity index (χ1v) is 8.08. The molecule has 3 rings (SSSR count). The molecular formula is C17H22N2O5. The van der Waals surface area contributed by atoms with Gasteiger partial charge in [0.25, 0.3) is 5.91 Å². The molecule has 0 unspecified atom stereocenters. The average Bonchev–Trinajstić information content (AvgIpc) is 2.78. The molecule has 1 fully saturated rings. The fourth-order valence-electron chi connectivity index (χ4n) is 3.38. The Balaban J connectivity index is 1.80. The summed E-state index contributed by atoms with van der Waals surface area (Å²) in [7, 11) is 1.63. The highest BCUT2D eigenvalue weighted by Gasteiger charge is 2.46. The van der Waals surface area contributed by atoms with Crippen molar-refractivity contribution in [2.45, 2.75) is 25.8 Å². The molecule has 0 aromatic heterocycles. The van der Waals surface area contributed by atoms with Crippen molar-refractivity contribution in [3.8, 4) is 5.75 Å². The largest absolute Gasteiger partial charge is 0.491 e. The second kappa shape index (κ2) is 6.78. The van der Waals surface area contributed by atoms with Crippen LogP contribution in [0.3, 0.4) is 0 Å². The fourth-order valence-corrected chi connectivity index (χ4v) is 3.38. The quantitative estimate of drug-likeness (QED) is 0.641. The summed E-state index contributed by atoms with van der Waals surface area (Å²) in [5.41, 5.74) is 2.37. The third kappa shape index (κ3) is 2.97. The molecule has 0 atom stereocenters. The summed E-state index contributed by atoms with van der Waals surface area (Å²) in [6.45, 7) is 1.76. The van der Waals surface area contributed by atoms with E-state index in [1.54, 1.807) is 30.8 Å². The number of nitrogens with one attached hydrogen (secondary N) is 1. The van der Waals surface area contributed by atoms with Crippen molar-refractivity contribution in [1.82, 2.24) is 10.4 Å². The molecule has 0 radical (unpaired) electrons. The summed E-state index contributed by atoms with van der Waals surface area (Å²) in [4.78, 5) is 26.3. The van der Waals surface area contributed by atoms with Crippen molar-refractivity contribution >= 4 is 11.8 Å². The lowest BCUT2D eigenvalue weighted by molar-refractivity contribution is -0.153. The summed E-state index contributed by atoms with van der Waals surface area (Å²) >= 11 is 0. The van der Waals surface area contributed by atoms with Crippen LogP contribution in [-0.2, 0) is 16.1 Å². The van der Waals surface area contributed by atoms with E-state index in [0.29, 0.717) is 37.6 Å². The van der Waals surface area contributed by atoms with Gasteiger partial charge >= 0.3 is 0 Å². The van der Waals surface area contributed by atoms with Gasteiger partial charge in [-0.3, -0.25) is 14.8 Å². The van der Waals surface area contributed by atoms with Crippen molar-refractivity contribution in [3.63, 3.8) is 0 Å². The zero-order valence-electron chi connectivity index (χ0n) is 13.7. The van der Waals surface area contributed by atoms with Gasteiger partial charge in [-0.25, -0.2) is 5.48 Å². The fraction of sp³-hybridized carbons (Fsp3) is 0.529. The highest BCUT2D eigenvalue weighted by molar-refractivity contribution is 5.93. The molecule has 2 N–H and O–H groups in total. The monoisotopic (exact) mass is 334 g/mol. The lowest BCUT2D eigenvalue weighted by Crippen LogP contribution is -2.50. The Bertz CT molecular complexity index is 642. The van der Waals surface area contributed by atoms with Gasteiger partial charge in [0.1, 0.15) is 12.4 Å². The zero-order chi connectivity index (χ0) is 17.2. The number of ether oxygens (including phenoxy) is 2. The van der Waals surface area contributed by atoms with E-state index in [1.807, 2.05) is 4.90 Å². The normalized spacial score (nSPS) is 18.7. The number of carbonyl (C=O) groups excluding carboxylic acids is 2. The van der Waals surface area contributed by atoms with Crippen LogP contribution in [0.1, 0.15) is 35.2 Å². The molecular weight excluding hydrogens is 312 g/mol. The molecule has 1 heterocycles. The minimum atomic E-state index is -0.591. The van der Waals surface area contributed by atoms with Gasteiger partial charge in [0.2, 0.25) is 5.91 Å². The van der Waals surface area contributed by atoms with E-state index in [1.165, 1.54) is 0 Å². The van der Waals surface area contributed by atoms with Crippen LogP contribution < -0.4 is 10.2 Å². The second-order valence-corrected chi connectivity index (χ2v) is 6.41. The molecule has 0 bridgehead atoms. The number of fused-ring (bicyclic) bond motifs is 1. The van der Waals surface area contributed by atoms with Gasteiger partial charge in [0, 0.05) is 24.8 Å². The smallest absolute Gasteiger partial charge is 0.274 e. The van der Waals surface area contributed by atoms with Crippen LogP contribution in [0, 0.1) is 5.41 Å². The van der Waals surface area contributed by atoms with Crippen LogP contribution in [0.15, 0.2) is 18.2 Å². The van der Waals surface area contributed by atoms with Gasteiger partial charge in [-0.1, -0.05) is 12.5 Å². The Hall–Kier alpha value is -2.12. The Morgan fingerprint density at radius 3 is 2.83 bits per heavy atom. The maximum atomic E-state index is 13.0. The number of amides is 2. The first-order valence-electron chi connectivity index (χ1n) is 8.08. The maximum absolute atomic E-state index is 13.0. The van der Waals surface area contributed by atoms with E-state index >= 15 is 0 Å². The van der Waals surface area contributed by atoms with Gasteiger partial charge < -0.3 is 14.4 Å². The Labute approximate surface area is 140 Å². The molecule has 1 aliphatic heterocycles. The van der Waals surface area contributed by atoms with Gasteiger partial charge in [0.15, 0.2) is 0 Å². The van der Waals surface area contributed by atoms with Crippen molar-refractivity contribution in [1.29, 1.82) is 0 Å². The van der Waals surface area contributed by atoms with Crippen LogP contribution in [0.2, 0.25) is 0 Å². The van der Waals surface area contributed by atoms with Crippen LogP contribution >= 0.6 is 0 Å². The Morgan fingerprint density at radius 1 is 1.42 bits per heavy atom. The highest BCUT2D eigenvalue weighted by atomic mass is 16.5. The van der Waals surface area contributed by atoms with Gasteiger partial charge in [-0.05, 0) is 25.0 Å². The Morgan fingerprint density at radius 2 is 2.21 bits per heavy atom. The van der Waals surface area contributed by atoms with Crippen LogP contribution in [0.25, 0.3) is 0 Å². The van der Waals surface area contributed by atoms with E-state index in [2.05, 4.69) is 0 Å². The molecule has 1 aliphatic carbocycles. The lowest BCUT2D eigenvalue weighted by atomic mass is 9.68. The molecule has 1 aromatic carbocycles.